The van der Waals surface area contributed by atoms with Gasteiger partial charge in [0.15, 0.2) is 0 Å². The molecule has 0 amide bonds. The summed E-state index contributed by atoms with van der Waals surface area (Å²) in [7, 11) is 0. The van der Waals surface area contributed by atoms with Crippen LogP contribution in [0.3, 0.4) is 0 Å². The van der Waals surface area contributed by atoms with Crippen LogP contribution in [0.2, 0.25) is 5.15 Å². The monoisotopic (exact) mass is 297 g/mol. The zero-order valence-electron chi connectivity index (χ0n) is 11.4. The average Bonchev–Trinajstić information content (AvgIpc) is 3.15. The summed E-state index contributed by atoms with van der Waals surface area (Å²) in [4.78, 5) is 9.11. The maximum absolute atomic E-state index is 6.24. The highest BCUT2D eigenvalue weighted by atomic mass is 35.5. The Balaban J connectivity index is 1.76. The highest BCUT2D eigenvalue weighted by molar-refractivity contribution is 7.99. The van der Waals surface area contributed by atoms with Gasteiger partial charge in [-0.05, 0) is 45.3 Å². The van der Waals surface area contributed by atoms with Crippen LogP contribution < -0.4 is 5.32 Å². The van der Waals surface area contributed by atoms with E-state index in [0.717, 1.165) is 22.5 Å². The molecule has 0 bridgehead atoms. The average molecular weight is 298 g/mol. The van der Waals surface area contributed by atoms with Gasteiger partial charge in [-0.15, -0.1) is 0 Å². The Morgan fingerprint density at radius 1 is 1.21 bits per heavy atom. The minimum Gasteiger partial charge on any atom is -0.367 e. The minimum absolute atomic E-state index is 0.536. The third kappa shape index (κ3) is 3.00. The van der Waals surface area contributed by atoms with E-state index in [-0.39, 0.29) is 0 Å². The first-order valence-corrected chi connectivity index (χ1v) is 8.67. The van der Waals surface area contributed by atoms with E-state index in [1.807, 2.05) is 18.7 Å². The molecule has 2 saturated carbocycles. The summed E-state index contributed by atoms with van der Waals surface area (Å²) >= 11 is 8.21. The van der Waals surface area contributed by atoms with Crippen LogP contribution in [0.15, 0.2) is 0 Å². The Morgan fingerprint density at radius 3 is 2.63 bits per heavy atom. The molecule has 1 aromatic heterocycles. The molecule has 0 aliphatic heterocycles. The van der Waals surface area contributed by atoms with Gasteiger partial charge in [0.1, 0.15) is 16.8 Å². The van der Waals surface area contributed by atoms with Gasteiger partial charge < -0.3 is 5.32 Å². The first-order valence-electron chi connectivity index (χ1n) is 7.00. The predicted octanol–water partition coefficient (Wildman–Crippen LogP) is 4.01. The number of anilines is 1. The number of rotatable bonds is 4. The van der Waals surface area contributed by atoms with Gasteiger partial charge in [0.25, 0.3) is 0 Å². The van der Waals surface area contributed by atoms with Crippen molar-refractivity contribution in [3.8, 4) is 0 Å². The summed E-state index contributed by atoms with van der Waals surface area (Å²) in [5.41, 5.74) is 0.985. The molecule has 3 rings (SSSR count). The molecule has 3 nitrogen and oxygen atoms in total. The Bertz CT molecular complexity index is 476. The molecule has 2 aliphatic carbocycles. The lowest BCUT2D eigenvalue weighted by molar-refractivity contribution is 0.746. The fourth-order valence-corrected chi connectivity index (χ4v) is 3.62. The summed E-state index contributed by atoms with van der Waals surface area (Å²) in [6, 6.07) is 0.536. The van der Waals surface area contributed by atoms with E-state index in [9.17, 15) is 0 Å². The number of thioether (sulfide) groups is 1. The molecular weight excluding hydrogens is 278 g/mol. The molecule has 0 spiro atoms. The second-order valence-electron chi connectivity index (χ2n) is 5.63. The number of hydrogen-bond acceptors (Lipinski definition) is 4. The van der Waals surface area contributed by atoms with Crippen LogP contribution in [0.1, 0.15) is 49.4 Å². The SMILES string of the molecule is CSC1CCC(Nc2nc(C3CC3)nc(Cl)c2C)C1. The standard InChI is InChI=1S/C14H20ClN3S/c1-8-12(15)17-14(9-3-4-9)18-13(8)16-10-5-6-11(7-10)19-2/h9-11H,3-7H2,1-2H3,(H,16,17,18). The van der Waals surface area contributed by atoms with Crippen LogP contribution in [-0.4, -0.2) is 27.5 Å². The number of nitrogens with zero attached hydrogens (tertiary/aromatic N) is 2. The molecule has 19 heavy (non-hydrogen) atoms. The van der Waals surface area contributed by atoms with Gasteiger partial charge in [-0.3, -0.25) is 0 Å². The summed E-state index contributed by atoms with van der Waals surface area (Å²) in [6.45, 7) is 2.00. The van der Waals surface area contributed by atoms with Crippen LogP contribution in [0, 0.1) is 6.92 Å². The van der Waals surface area contributed by atoms with Crippen LogP contribution >= 0.6 is 23.4 Å². The van der Waals surface area contributed by atoms with Crippen LogP contribution in [0.4, 0.5) is 5.82 Å². The van der Waals surface area contributed by atoms with E-state index in [4.69, 9.17) is 16.6 Å². The van der Waals surface area contributed by atoms with Crippen LogP contribution in [0.5, 0.6) is 0 Å². The number of hydrogen-bond donors (Lipinski definition) is 1. The lowest BCUT2D eigenvalue weighted by Gasteiger charge is -2.16. The van der Waals surface area contributed by atoms with Gasteiger partial charge in [-0.2, -0.15) is 11.8 Å². The normalized spacial score (nSPS) is 26.7. The van der Waals surface area contributed by atoms with E-state index < -0.39 is 0 Å². The molecule has 1 aromatic rings. The molecule has 0 radical (unpaired) electrons. The highest BCUT2D eigenvalue weighted by Gasteiger charge is 2.29. The Morgan fingerprint density at radius 2 is 2.00 bits per heavy atom. The predicted molar refractivity (Wildman–Crippen MR) is 82.3 cm³/mol. The molecule has 2 atom stereocenters. The Labute approximate surface area is 123 Å². The van der Waals surface area contributed by atoms with E-state index in [1.165, 1.54) is 32.1 Å². The van der Waals surface area contributed by atoms with Gasteiger partial charge in [0.05, 0.1) is 0 Å². The highest BCUT2D eigenvalue weighted by Crippen LogP contribution is 2.40. The molecule has 2 aliphatic rings. The fourth-order valence-electron chi connectivity index (χ4n) is 2.65. The largest absolute Gasteiger partial charge is 0.367 e. The van der Waals surface area contributed by atoms with E-state index in [1.54, 1.807) is 0 Å². The van der Waals surface area contributed by atoms with Crippen molar-refractivity contribution in [1.29, 1.82) is 0 Å². The van der Waals surface area contributed by atoms with Crippen molar-refractivity contribution in [3.05, 3.63) is 16.5 Å². The lowest BCUT2D eigenvalue weighted by Crippen LogP contribution is -2.18. The maximum Gasteiger partial charge on any atom is 0.137 e. The molecule has 2 unspecified atom stereocenters. The van der Waals surface area contributed by atoms with E-state index >= 15 is 0 Å². The molecule has 0 aromatic carbocycles. The lowest BCUT2D eigenvalue weighted by atomic mass is 10.2. The van der Waals surface area contributed by atoms with Crippen molar-refractivity contribution in [3.63, 3.8) is 0 Å². The summed E-state index contributed by atoms with van der Waals surface area (Å²) in [5.74, 6) is 2.42. The smallest absolute Gasteiger partial charge is 0.137 e. The summed E-state index contributed by atoms with van der Waals surface area (Å²) in [6.07, 6.45) is 8.36. The maximum atomic E-state index is 6.24. The molecule has 5 heteroatoms. The van der Waals surface area contributed by atoms with E-state index in [0.29, 0.717) is 17.1 Å². The summed E-state index contributed by atoms with van der Waals surface area (Å²) < 4.78 is 0. The molecule has 0 saturated heterocycles. The van der Waals surface area contributed by atoms with Crippen molar-refractivity contribution >= 4 is 29.2 Å². The molecular formula is C14H20ClN3S. The van der Waals surface area contributed by atoms with Crippen LogP contribution in [-0.2, 0) is 0 Å². The molecule has 104 valence electrons. The van der Waals surface area contributed by atoms with Crippen molar-refractivity contribution in [2.45, 2.75) is 56.2 Å². The third-order valence-electron chi connectivity index (χ3n) is 4.10. The van der Waals surface area contributed by atoms with E-state index in [2.05, 4.69) is 16.6 Å². The third-order valence-corrected chi connectivity index (χ3v) is 5.57. The molecule has 1 heterocycles. The number of nitrogens with one attached hydrogen (secondary N) is 1. The van der Waals surface area contributed by atoms with Gasteiger partial charge in [0, 0.05) is 22.8 Å². The fraction of sp³-hybridized carbons (Fsp3) is 0.714. The molecule has 2 fully saturated rings. The minimum atomic E-state index is 0.536. The first-order chi connectivity index (χ1) is 9.17. The van der Waals surface area contributed by atoms with Gasteiger partial charge in [-0.25, -0.2) is 9.97 Å². The van der Waals surface area contributed by atoms with Crippen molar-refractivity contribution in [2.75, 3.05) is 11.6 Å². The number of halogens is 1. The quantitative estimate of drug-likeness (QED) is 0.852. The van der Waals surface area contributed by atoms with Crippen molar-refractivity contribution in [2.24, 2.45) is 0 Å². The Hall–Kier alpha value is -0.480. The van der Waals surface area contributed by atoms with Gasteiger partial charge >= 0.3 is 0 Å². The van der Waals surface area contributed by atoms with Crippen molar-refractivity contribution < 1.29 is 0 Å². The Kier molecular flexibility index (Phi) is 3.90. The first kappa shape index (κ1) is 13.5. The van der Waals surface area contributed by atoms with Gasteiger partial charge in [0.2, 0.25) is 0 Å². The zero-order valence-corrected chi connectivity index (χ0v) is 13.0. The topological polar surface area (TPSA) is 37.8 Å². The zero-order chi connectivity index (χ0) is 13.4. The number of aromatic nitrogens is 2. The van der Waals surface area contributed by atoms with Crippen molar-refractivity contribution in [1.82, 2.24) is 9.97 Å². The summed E-state index contributed by atoms with van der Waals surface area (Å²) in [5, 5.41) is 4.99. The molecule has 1 N–H and O–H groups in total. The van der Waals surface area contributed by atoms with Gasteiger partial charge in [-0.1, -0.05) is 11.6 Å². The second kappa shape index (κ2) is 5.49. The van der Waals surface area contributed by atoms with Crippen LogP contribution in [0.25, 0.3) is 0 Å². The second-order valence-corrected chi connectivity index (χ2v) is 7.13.